The van der Waals surface area contributed by atoms with Gasteiger partial charge in [0, 0.05) is 32.6 Å². The number of aromatic nitrogens is 1. The van der Waals surface area contributed by atoms with Crippen LogP contribution in [0.3, 0.4) is 0 Å². The number of aromatic carboxylic acids is 1. The third-order valence-electron chi connectivity index (χ3n) is 4.11. The van der Waals surface area contributed by atoms with Crippen LogP contribution >= 0.6 is 0 Å². The summed E-state index contributed by atoms with van der Waals surface area (Å²) < 4.78 is 5.72. The van der Waals surface area contributed by atoms with Crippen LogP contribution in [0.4, 0.5) is 6.01 Å². The lowest BCUT2D eigenvalue weighted by Gasteiger charge is -2.34. The Kier molecular flexibility index (Phi) is 4.42. The van der Waals surface area contributed by atoms with E-state index < -0.39 is 5.97 Å². The van der Waals surface area contributed by atoms with E-state index in [1.165, 1.54) is 12.1 Å². The predicted molar refractivity (Wildman–Crippen MR) is 89.2 cm³/mol. The Morgan fingerprint density at radius 1 is 1.25 bits per heavy atom. The summed E-state index contributed by atoms with van der Waals surface area (Å²) in [5.74, 6) is -0.442. The monoisotopic (exact) mass is 331 g/mol. The number of hydrogen-bond acceptors (Lipinski definition) is 5. The quantitative estimate of drug-likeness (QED) is 0.924. The molecule has 7 heteroatoms. The fourth-order valence-corrected chi connectivity index (χ4v) is 2.81. The lowest BCUT2D eigenvalue weighted by atomic mass is 10.1. The van der Waals surface area contributed by atoms with Crippen molar-refractivity contribution in [1.29, 1.82) is 0 Å². The van der Waals surface area contributed by atoms with Crippen LogP contribution in [0.5, 0.6) is 0 Å². The van der Waals surface area contributed by atoms with E-state index in [-0.39, 0.29) is 11.5 Å². The van der Waals surface area contributed by atoms with E-state index >= 15 is 0 Å². The Morgan fingerprint density at radius 3 is 2.58 bits per heavy atom. The van der Waals surface area contributed by atoms with Gasteiger partial charge in [-0.15, -0.1) is 0 Å². The summed E-state index contributed by atoms with van der Waals surface area (Å²) in [4.78, 5) is 31.4. The molecule has 0 radical (unpaired) electrons. The Balaban J connectivity index is 1.69. The predicted octanol–water partition coefficient (Wildman–Crippen LogP) is 2.22. The minimum atomic E-state index is -0.987. The van der Waals surface area contributed by atoms with Crippen molar-refractivity contribution >= 4 is 29.0 Å². The number of piperazine rings is 1. The second kappa shape index (κ2) is 6.51. The molecule has 1 amide bonds. The summed E-state index contributed by atoms with van der Waals surface area (Å²) in [6.45, 7) is 6.68. The number of carboxylic acid groups (broad SMARTS) is 1. The maximum atomic E-state index is 12.1. The molecule has 1 N–H and O–H groups in total. The van der Waals surface area contributed by atoms with E-state index in [1.807, 2.05) is 23.6 Å². The molecular weight excluding hydrogens is 310 g/mol. The van der Waals surface area contributed by atoms with Gasteiger partial charge in [0.25, 0.3) is 6.01 Å². The molecule has 0 saturated carbocycles. The molecule has 0 unspecified atom stereocenters. The molecule has 3 rings (SSSR count). The van der Waals surface area contributed by atoms with Crippen LogP contribution in [0.15, 0.2) is 22.6 Å². The topological polar surface area (TPSA) is 86.9 Å². The highest BCUT2D eigenvalue weighted by Gasteiger charge is 2.24. The lowest BCUT2D eigenvalue weighted by molar-refractivity contribution is -0.132. The van der Waals surface area contributed by atoms with Gasteiger partial charge in [0.15, 0.2) is 5.58 Å². The summed E-state index contributed by atoms with van der Waals surface area (Å²) >= 11 is 0. The maximum Gasteiger partial charge on any atom is 0.335 e. The first-order valence-corrected chi connectivity index (χ1v) is 8.10. The molecule has 0 spiro atoms. The number of hydrogen-bond donors (Lipinski definition) is 1. The van der Waals surface area contributed by atoms with Gasteiger partial charge in [-0.25, -0.2) is 4.79 Å². The van der Waals surface area contributed by atoms with Gasteiger partial charge < -0.3 is 19.3 Å². The molecule has 1 aliphatic rings. The number of amides is 1. The van der Waals surface area contributed by atoms with E-state index in [0.29, 0.717) is 55.6 Å². The molecule has 1 saturated heterocycles. The Morgan fingerprint density at radius 2 is 1.96 bits per heavy atom. The van der Waals surface area contributed by atoms with Crippen molar-refractivity contribution in [3.63, 3.8) is 0 Å². The Hall–Kier alpha value is -2.57. The van der Waals surface area contributed by atoms with E-state index in [0.717, 1.165) is 0 Å². The molecule has 1 aromatic heterocycles. The van der Waals surface area contributed by atoms with Gasteiger partial charge in [-0.2, -0.15) is 4.98 Å². The van der Waals surface area contributed by atoms with Crippen molar-refractivity contribution in [2.45, 2.75) is 20.3 Å². The first kappa shape index (κ1) is 16.3. The minimum absolute atomic E-state index is 0.187. The molecule has 0 aliphatic carbocycles. The first-order valence-electron chi connectivity index (χ1n) is 8.10. The molecule has 1 fully saturated rings. The molecule has 24 heavy (non-hydrogen) atoms. The van der Waals surface area contributed by atoms with Gasteiger partial charge in [0.2, 0.25) is 5.91 Å². The zero-order valence-electron chi connectivity index (χ0n) is 13.9. The number of fused-ring (bicyclic) bond motifs is 1. The van der Waals surface area contributed by atoms with Crippen LogP contribution in [-0.4, -0.2) is 53.0 Å². The smallest absolute Gasteiger partial charge is 0.335 e. The SMILES string of the molecule is CC(C)CC(=O)N1CCN(c2nc3cc(C(=O)O)ccc3o2)CC1. The van der Waals surface area contributed by atoms with Crippen molar-refractivity contribution in [2.24, 2.45) is 5.92 Å². The fraction of sp³-hybridized carbons (Fsp3) is 0.471. The second-order valence-electron chi connectivity index (χ2n) is 6.45. The summed E-state index contributed by atoms with van der Waals surface area (Å²) in [7, 11) is 0. The standard InChI is InChI=1S/C17H21N3O4/c1-11(2)9-15(21)19-5-7-20(8-6-19)17-18-13-10-12(16(22)23)3-4-14(13)24-17/h3-4,10-11H,5-9H2,1-2H3,(H,22,23). The van der Waals surface area contributed by atoms with E-state index in [4.69, 9.17) is 9.52 Å². The van der Waals surface area contributed by atoms with Gasteiger partial charge in [0.1, 0.15) is 5.52 Å². The maximum absolute atomic E-state index is 12.1. The first-order chi connectivity index (χ1) is 11.4. The highest BCUT2D eigenvalue weighted by atomic mass is 16.4. The van der Waals surface area contributed by atoms with Crippen LogP contribution in [0.1, 0.15) is 30.6 Å². The van der Waals surface area contributed by atoms with Crippen molar-refractivity contribution in [2.75, 3.05) is 31.1 Å². The van der Waals surface area contributed by atoms with Crippen LogP contribution in [0.2, 0.25) is 0 Å². The number of carbonyl (C=O) groups is 2. The van der Waals surface area contributed by atoms with Crippen LogP contribution in [-0.2, 0) is 4.79 Å². The largest absolute Gasteiger partial charge is 0.478 e. The van der Waals surface area contributed by atoms with Crippen molar-refractivity contribution in [3.8, 4) is 0 Å². The third kappa shape index (κ3) is 3.34. The Labute approximate surface area is 139 Å². The van der Waals surface area contributed by atoms with E-state index in [1.54, 1.807) is 6.07 Å². The van der Waals surface area contributed by atoms with Crippen LogP contribution in [0, 0.1) is 5.92 Å². The number of rotatable bonds is 4. The Bertz CT molecular complexity index is 760. The summed E-state index contributed by atoms with van der Waals surface area (Å²) in [5, 5.41) is 9.04. The molecule has 2 aromatic rings. The number of benzene rings is 1. The number of anilines is 1. The fourth-order valence-electron chi connectivity index (χ4n) is 2.81. The number of carbonyl (C=O) groups excluding carboxylic acids is 1. The van der Waals surface area contributed by atoms with Gasteiger partial charge in [-0.1, -0.05) is 13.8 Å². The molecule has 0 bridgehead atoms. The number of nitrogens with zero attached hydrogens (tertiary/aromatic N) is 3. The molecule has 1 aliphatic heterocycles. The van der Waals surface area contributed by atoms with Crippen LogP contribution < -0.4 is 4.90 Å². The molecule has 7 nitrogen and oxygen atoms in total. The average Bonchev–Trinajstić information content (AvgIpc) is 2.97. The lowest BCUT2D eigenvalue weighted by Crippen LogP contribution is -2.49. The molecule has 1 aromatic carbocycles. The summed E-state index contributed by atoms with van der Waals surface area (Å²) in [6.07, 6.45) is 0.570. The highest BCUT2D eigenvalue weighted by molar-refractivity contribution is 5.92. The summed E-state index contributed by atoms with van der Waals surface area (Å²) in [6, 6.07) is 5.11. The number of oxazole rings is 1. The minimum Gasteiger partial charge on any atom is -0.478 e. The molecule has 2 heterocycles. The zero-order chi connectivity index (χ0) is 17.3. The second-order valence-corrected chi connectivity index (χ2v) is 6.45. The van der Waals surface area contributed by atoms with E-state index in [2.05, 4.69) is 4.98 Å². The number of carboxylic acids is 1. The summed E-state index contributed by atoms with van der Waals surface area (Å²) in [5.41, 5.74) is 1.28. The average molecular weight is 331 g/mol. The van der Waals surface area contributed by atoms with Crippen molar-refractivity contribution < 1.29 is 19.1 Å². The van der Waals surface area contributed by atoms with E-state index in [9.17, 15) is 9.59 Å². The van der Waals surface area contributed by atoms with Crippen LogP contribution in [0.25, 0.3) is 11.1 Å². The van der Waals surface area contributed by atoms with Gasteiger partial charge in [0.05, 0.1) is 5.56 Å². The zero-order valence-corrected chi connectivity index (χ0v) is 13.9. The molecular formula is C17H21N3O4. The van der Waals surface area contributed by atoms with Crippen molar-refractivity contribution in [1.82, 2.24) is 9.88 Å². The van der Waals surface area contributed by atoms with Gasteiger partial charge in [-0.3, -0.25) is 4.79 Å². The van der Waals surface area contributed by atoms with Gasteiger partial charge >= 0.3 is 5.97 Å². The normalized spacial score (nSPS) is 15.3. The van der Waals surface area contributed by atoms with Crippen molar-refractivity contribution in [3.05, 3.63) is 23.8 Å². The van der Waals surface area contributed by atoms with Gasteiger partial charge in [-0.05, 0) is 24.1 Å². The molecule has 0 atom stereocenters. The molecule has 128 valence electrons. The third-order valence-corrected chi connectivity index (χ3v) is 4.11. The highest BCUT2D eigenvalue weighted by Crippen LogP contribution is 2.24.